The summed E-state index contributed by atoms with van der Waals surface area (Å²) in [7, 11) is 0. The number of piperazine rings is 1. The maximum atomic E-state index is 5.10. The van der Waals surface area contributed by atoms with Crippen LogP contribution in [-0.4, -0.2) is 35.2 Å². The predicted molar refractivity (Wildman–Crippen MR) is 63.2 cm³/mol. The van der Waals surface area contributed by atoms with Crippen LogP contribution in [0, 0.1) is 6.92 Å². The van der Waals surface area contributed by atoms with Crippen molar-refractivity contribution in [3.05, 3.63) is 17.5 Å². The molecular formula is C12H21N3O. The normalized spacial score (nSPS) is 27.2. The van der Waals surface area contributed by atoms with E-state index in [1.54, 1.807) is 0 Å². The Bertz CT molecular complexity index is 337. The third-order valence-corrected chi connectivity index (χ3v) is 3.31. The van der Waals surface area contributed by atoms with E-state index in [-0.39, 0.29) is 0 Å². The van der Waals surface area contributed by atoms with Gasteiger partial charge in [0.25, 0.3) is 0 Å². The molecule has 0 saturated carbocycles. The van der Waals surface area contributed by atoms with Crippen LogP contribution in [0.15, 0.2) is 10.6 Å². The lowest BCUT2D eigenvalue weighted by Crippen LogP contribution is -2.54. The van der Waals surface area contributed by atoms with E-state index in [0.29, 0.717) is 12.1 Å². The molecule has 2 unspecified atom stereocenters. The second-order valence-electron chi connectivity index (χ2n) is 4.72. The summed E-state index contributed by atoms with van der Waals surface area (Å²) >= 11 is 0. The molecule has 1 aliphatic heterocycles. The Labute approximate surface area is 97.0 Å². The number of rotatable bonds is 3. The van der Waals surface area contributed by atoms with Gasteiger partial charge in [0, 0.05) is 37.8 Å². The van der Waals surface area contributed by atoms with Gasteiger partial charge in [0.15, 0.2) is 0 Å². The molecule has 2 heterocycles. The van der Waals surface area contributed by atoms with Crippen LogP contribution < -0.4 is 5.32 Å². The lowest BCUT2D eigenvalue weighted by molar-refractivity contribution is 0.128. The van der Waals surface area contributed by atoms with Crippen LogP contribution in [0.2, 0.25) is 0 Å². The van der Waals surface area contributed by atoms with E-state index in [0.717, 1.165) is 31.1 Å². The van der Waals surface area contributed by atoms with Gasteiger partial charge in [0.05, 0.1) is 5.69 Å². The van der Waals surface area contributed by atoms with Crippen LogP contribution in [0.5, 0.6) is 0 Å². The fourth-order valence-corrected chi connectivity index (χ4v) is 2.19. The molecule has 1 aliphatic rings. The highest BCUT2D eigenvalue weighted by molar-refractivity contribution is 5.04. The Morgan fingerprint density at radius 3 is 3.06 bits per heavy atom. The minimum atomic E-state index is 0.569. The second-order valence-corrected chi connectivity index (χ2v) is 4.72. The molecule has 1 aromatic rings. The number of nitrogens with one attached hydrogen (secondary N) is 1. The first-order valence-corrected chi connectivity index (χ1v) is 6.08. The van der Waals surface area contributed by atoms with Gasteiger partial charge in [0.2, 0.25) is 0 Å². The van der Waals surface area contributed by atoms with Gasteiger partial charge in [-0.2, -0.15) is 0 Å². The SMILES string of the molecule is CCC1CN(Cc2cc(C)on2)C(C)CN1. The molecule has 4 nitrogen and oxygen atoms in total. The van der Waals surface area contributed by atoms with E-state index in [1.165, 1.54) is 6.42 Å². The summed E-state index contributed by atoms with van der Waals surface area (Å²) in [4.78, 5) is 2.47. The molecule has 4 heteroatoms. The van der Waals surface area contributed by atoms with Crippen LogP contribution >= 0.6 is 0 Å². The van der Waals surface area contributed by atoms with E-state index < -0.39 is 0 Å². The summed E-state index contributed by atoms with van der Waals surface area (Å²) in [5.41, 5.74) is 1.04. The summed E-state index contributed by atoms with van der Waals surface area (Å²) in [5.74, 6) is 0.893. The molecule has 2 atom stereocenters. The molecule has 2 rings (SSSR count). The van der Waals surface area contributed by atoms with Gasteiger partial charge < -0.3 is 9.84 Å². The zero-order chi connectivity index (χ0) is 11.5. The van der Waals surface area contributed by atoms with Crippen molar-refractivity contribution in [2.75, 3.05) is 13.1 Å². The molecule has 0 radical (unpaired) electrons. The monoisotopic (exact) mass is 223 g/mol. The summed E-state index contributed by atoms with van der Waals surface area (Å²) in [5, 5.41) is 7.61. The lowest BCUT2D eigenvalue weighted by atomic mass is 10.1. The van der Waals surface area contributed by atoms with Crippen LogP contribution in [0.4, 0.5) is 0 Å². The van der Waals surface area contributed by atoms with E-state index in [2.05, 4.69) is 29.2 Å². The first-order chi connectivity index (χ1) is 7.69. The van der Waals surface area contributed by atoms with Crippen molar-refractivity contribution in [3.63, 3.8) is 0 Å². The van der Waals surface area contributed by atoms with Crippen molar-refractivity contribution in [1.29, 1.82) is 0 Å². The number of hydrogen-bond donors (Lipinski definition) is 1. The minimum Gasteiger partial charge on any atom is -0.361 e. The quantitative estimate of drug-likeness (QED) is 0.844. The van der Waals surface area contributed by atoms with Crippen LogP contribution in [0.25, 0.3) is 0 Å². The van der Waals surface area contributed by atoms with Gasteiger partial charge in [-0.1, -0.05) is 12.1 Å². The Balaban J connectivity index is 1.96. The van der Waals surface area contributed by atoms with Crippen LogP contribution in [-0.2, 0) is 6.54 Å². The number of nitrogens with zero attached hydrogens (tertiary/aromatic N) is 2. The van der Waals surface area contributed by atoms with Crippen molar-refractivity contribution in [3.8, 4) is 0 Å². The Kier molecular flexibility index (Phi) is 3.61. The van der Waals surface area contributed by atoms with E-state index >= 15 is 0 Å². The summed E-state index contributed by atoms with van der Waals surface area (Å²) in [6.07, 6.45) is 1.18. The van der Waals surface area contributed by atoms with Gasteiger partial charge in [-0.05, 0) is 20.3 Å². The number of aryl methyl sites for hydroxylation is 1. The molecule has 0 spiro atoms. The van der Waals surface area contributed by atoms with Crippen molar-refractivity contribution in [2.45, 2.75) is 45.8 Å². The largest absolute Gasteiger partial charge is 0.361 e. The third kappa shape index (κ3) is 2.62. The van der Waals surface area contributed by atoms with Crippen molar-refractivity contribution in [2.24, 2.45) is 0 Å². The molecule has 1 fully saturated rings. The molecule has 16 heavy (non-hydrogen) atoms. The van der Waals surface area contributed by atoms with Gasteiger partial charge in [-0.3, -0.25) is 4.90 Å². The fraction of sp³-hybridized carbons (Fsp3) is 0.750. The van der Waals surface area contributed by atoms with E-state index in [4.69, 9.17) is 4.52 Å². The van der Waals surface area contributed by atoms with E-state index in [9.17, 15) is 0 Å². The molecule has 0 amide bonds. The average molecular weight is 223 g/mol. The molecule has 1 N–H and O–H groups in total. The highest BCUT2D eigenvalue weighted by Crippen LogP contribution is 2.13. The van der Waals surface area contributed by atoms with Gasteiger partial charge in [-0.15, -0.1) is 0 Å². The number of aromatic nitrogens is 1. The molecule has 0 aliphatic carbocycles. The van der Waals surface area contributed by atoms with Crippen LogP contribution in [0.1, 0.15) is 31.7 Å². The molecule has 90 valence electrons. The highest BCUT2D eigenvalue weighted by atomic mass is 16.5. The van der Waals surface area contributed by atoms with Gasteiger partial charge in [-0.25, -0.2) is 0 Å². The minimum absolute atomic E-state index is 0.569. The van der Waals surface area contributed by atoms with Crippen LogP contribution in [0.3, 0.4) is 0 Å². The summed E-state index contributed by atoms with van der Waals surface area (Å²) < 4.78 is 5.10. The smallest absolute Gasteiger partial charge is 0.133 e. The molecule has 1 aromatic heterocycles. The number of hydrogen-bond acceptors (Lipinski definition) is 4. The molecule has 0 aromatic carbocycles. The first kappa shape index (κ1) is 11.6. The Morgan fingerprint density at radius 1 is 1.62 bits per heavy atom. The fourth-order valence-electron chi connectivity index (χ4n) is 2.19. The standard InChI is InChI=1S/C12H21N3O/c1-4-11-7-15(9(2)6-13-11)8-12-5-10(3)16-14-12/h5,9,11,13H,4,6-8H2,1-3H3. The topological polar surface area (TPSA) is 41.3 Å². The van der Waals surface area contributed by atoms with Gasteiger partial charge >= 0.3 is 0 Å². The summed E-state index contributed by atoms with van der Waals surface area (Å²) in [6.45, 7) is 9.49. The second kappa shape index (κ2) is 4.97. The first-order valence-electron chi connectivity index (χ1n) is 6.08. The molecule has 0 bridgehead atoms. The Hall–Kier alpha value is -0.870. The lowest BCUT2D eigenvalue weighted by Gasteiger charge is -2.38. The zero-order valence-corrected chi connectivity index (χ0v) is 10.4. The maximum Gasteiger partial charge on any atom is 0.133 e. The maximum absolute atomic E-state index is 5.10. The molecular weight excluding hydrogens is 202 g/mol. The van der Waals surface area contributed by atoms with E-state index in [1.807, 2.05) is 13.0 Å². The third-order valence-electron chi connectivity index (χ3n) is 3.31. The predicted octanol–water partition coefficient (Wildman–Crippen LogP) is 1.56. The van der Waals surface area contributed by atoms with Crippen molar-refractivity contribution in [1.82, 2.24) is 15.4 Å². The highest BCUT2D eigenvalue weighted by Gasteiger charge is 2.24. The van der Waals surface area contributed by atoms with Crippen molar-refractivity contribution < 1.29 is 4.52 Å². The zero-order valence-electron chi connectivity index (χ0n) is 10.4. The van der Waals surface area contributed by atoms with Gasteiger partial charge in [0.1, 0.15) is 5.76 Å². The summed E-state index contributed by atoms with van der Waals surface area (Å²) in [6, 6.07) is 3.21. The average Bonchev–Trinajstić information content (AvgIpc) is 2.67. The Morgan fingerprint density at radius 2 is 2.44 bits per heavy atom. The molecule has 1 saturated heterocycles. The van der Waals surface area contributed by atoms with Crippen molar-refractivity contribution >= 4 is 0 Å².